The van der Waals surface area contributed by atoms with Gasteiger partial charge in [0.05, 0.1) is 5.56 Å². The number of aromatic nitrogens is 2. The van der Waals surface area contributed by atoms with Crippen LogP contribution in [0, 0.1) is 5.92 Å². The number of aromatic amines is 1. The Bertz CT molecular complexity index is 1110. The summed E-state index contributed by atoms with van der Waals surface area (Å²) in [6.45, 7) is 2.75. The van der Waals surface area contributed by atoms with Gasteiger partial charge in [0.15, 0.2) is 0 Å². The van der Waals surface area contributed by atoms with Crippen molar-refractivity contribution in [1.29, 1.82) is 0 Å². The maximum atomic E-state index is 12.5. The van der Waals surface area contributed by atoms with E-state index in [2.05, 4.69) is 27.5 Å². The van der Waals surface area contributed by atoms with Crippen LogP contribution in [0.15, 0.2) is 29.1 Å². The number of rotatable bonds is 10. The molecule has 0 spiro atoms. The van der Waals surface area contributed by atoms with Crippen LogP contribution in [0.5, 0.6) is 0 Å². The molecule has 11 heteroatoms. The van der Waals surface area contributed by atoms with Gasteiger partial charge in [-0.25, -0.2) is 4.79 Å². The van der Waals surface area contributed by atoms with E-state index in [1.54, 1.807) is 12.1 Å². The number of carbonyl (C=O) groups is 3. The van der Waals surface area contributed by atoms with E-state index in [9.17, 15) is 24.3 Å². The third-order valence-electron chi connectivity index (χ3n) is 6.09. The lowest BCUT2D eigenvalue weighted by molar-refractivity contribution is -0.140. The van der Waals surface area contributed by atoms with Gasteiger partial charge in [-0.15, -0.1) is 0 Å². The molecule has 182 valence electrons. The number of nitrogens with two attached hydrogens (primary N) is 1. The highest BCUT2D eigenvalue weighted by molar-refractivity contribution is 5.96. The molecule has 0 saturated carbocycles. The molecule has 1 amide bonds. The second-order valence-corrected chi connectivity index (χ2v) is 8.49. The fourth-order valence-corrected chi connectivity index (χ4v) is 4.23. The van der Waals surface area contributed by atoms with Crippen LogP contribution in [0.2, 0.25) is 0 Å². The Morgan fingerprint density at radius 2 is 1.94 bits per heavy atom. The summed E-state index contributed by atoms with van der Waals surface area (Å²) in [5.41, 5.74) is 7.31. The normalized spacial score (nSPS) is 16.6. The SMILES string of the molecule is CCC(CC1CNc2nc(N)[nH]c(=O)c2C1)c1ccc(C(=O)NC(CCC(=O)O)C(=O)O)cc1. The van der Waals surface area contributed by atoms with Crippen molar-refractivity contribution in [3.63, 3.8) is 0 Å². The summed E-state index contributed by atoms with van der Waals surface area (Å²) in [6.07, 6.45) is 1.73. The van der Waals surface area contributed by atoms with Crippen LogP contribution in [0.1, 0.15) is 60.0 Å². The summed E-state index contributed by atoms with van der Waals surface area (Å²) < 4.78 is 0. The van der Waals surface area contributed by atoms with E-state index in [0.29, 0.717) is 29.9 Å². The Hall–Kier alpha value is -3.89. The summed E-state index contributed by atoms with van der Waals surface area (Å²) in [5.74, 6) is -1.94. The number of carboxylic acid groups (broad SMARTS) is 2. The third-order valence-corrected chi connectivity index (χ3v) is 6.09. The van der Waals surface area contributed by atoms with E-state index in [4.69, 9.17) is 10.8 Å². The number of nitrogen functional groups attached to an aromatic ring is 1. The molecule has 0 aliphatic carbocycles. The van der Waals surface area contributed by atoms with Crippen molar-refractivity contribution in [1.82, 2.24) is 15.3 Å². The molecule has 1 aliphatic rings. The minimum absolute atomic E-state index is 0.0850. The first-order valence-electron chi connectivity index (χ1n) is 11.2. The lowest BCUT2D eigenvalue weighted by Gasteiger charge is -2.28. The number of amides is 1. The van der Waals surface area contributed by atoms with E-state index in [1.165, 1.54) is 0 Å². The molecule has 11 nitrogen and oxygen atoms in total. The molecule has 0 radical (unpaired) electrons. The van der Waals surface area contributed by atoms with Gasteiger partial charge in [0.25, 0.3) is 11.5 Å². The molecule has 2 heterocycles. The van der Waals surface area contributed by atoms with Crippen LogP contribution in [-0.4, -0.2) is 50.6 Å². The number of benzene rings is 1. The van der Waals surface area contributed by atoms with Gasteiger partial charge < -0.3 is 26.6 Å². The number of nitrogens with zero attached hydrogens (tertiary/aromatic N) is 1. The highest BCUT2D eigenvalue weighted by Crippen LogP contribution is 2.31. The van der Waals surface area contributed by atoms with Crippen molar-refractivity contribution in [2.75, 3.05) is 17.6 Å². The molecule has 1 aromatic heterocycles. The number of carbonyl (C=O) groups excluding carboxylic acids is 1. The second-order valence-electron chi connectivity index (χ2n) is 8.49. The van der Waals surface area contributed by atoms with Gasteiger partial charge in [-0.05, 0) is 55.2 Å². The fraction of sp³-hybridized carbons (Fsp3) is 0.435. The Balaban J connectivity index is 1.64. The van der Waals surface area contributed by atoms with Gasteiger partial charge in [0, 0.05) is 18.5 Å². The zero-order chi connectivity index (χ0) is 24.8. The van der Waals surface area contributed by atoms with E-state index in [-0.39, 0.29) is 36.2 Å². The summed E-state index contributed by atoms with van der Waals surface area (Å²) in [4.78, 5) is 53.4. The highest BCUT2D eigenvalue weighted by atomic mass is 16.4. The predicted octanol–water partition coefficient (Wildman–Crippen LogP) is 1.57. The van der Waals surface area contributed by atoms with Gasteiger partial charge in [-0.3, -0.25) is 19.4 Å². The number of fused-ring (bicyclic) bond motifs is 1. The maximum absolute atomic E-state index is 12.5. The van der Waals surface area contributed by atoms with Crippen molar-refractivity contribution in [3.05, 3.63) is 51.3 Å². The molecule has 2 aromatic rings. The maximum Gasteiger partial charge on any atom is 0.326 e. The lowest BCUT2D eigenvalue weighted by Crippen LogP contribution is -2.41. The number of nitrogens with one attached hydrogen (secondary N) is 3. The largest absolute Gasteiger partial charge is 0.481 e. The second kappa shape index (κ2) is 10.8. The summed E-state index contributed by atoms with van der Waals surface area (Å²) in [6, 6.07) is 5.68. The number of anilines is 2. The van der Waals surface area contributed by atoms with Crippen LogP contribution >= 0.6 is 0 Å². The average Bonchev–Trinajstić information content (AvgIpc) is 2.80. The molecule has 0 fully saturated rings. The molecule has 1 aromatic carbocycles. The Morgan fingerprint density at radius 1 is 1.24 bits per heavy atom. The van der Waals surface area contributed by atoms with Crippen LogP contribution in [0.3, 0.4) is 0 Å². The van der Waals surface area contributed by atoms with Crippen molar-refractivity contribution in [2.45, 2.75) is 51.0 Å². The monoisotopic (exact) mass is 471 g/mol. The fourth-order valence-electron chi connectivity index (χ4n) is 4.23. The van der Waals surface area contributed by atoms with Crippen LogP contribution in [0.25, 0.3) is 0 Å². The molecular weight excluding hydrogens is 442 g/mol. The Labute approximate surface area is 195 Å². The van der Waals surface area contributed by atoms with Crippen LogP contribution in [-0.2, 0) is 16.0 Å². The Kier molecular flexibility index (Phi) is 7.87. The first-order chi connectivity index (χ1) is 16.2. The van der Waals surface area contributed by atoms with E-state index < -0.39 is 23.9 Å². The first kappa shape index (κ1) is 24.7. The third kappa shape index (κ3) is 6.12. The topological polar surface area (TPSA) is 187 Å². The van der Waals surface area contributed by atoms with Gasteiger partial charge >= 0.3 is 11.9 Å². The minimum Gasteiger partial charge on any atom is -0.481 e. The van der Waals surface area contributed by atoms with Gasteiger partial charge in [0.2, 0.25) is 5.95 Å². The molecule has 3 atom stereocenters. The molecule has 1 aliphatic heterocycles. The smallest absolute Gasteiger partial charge is 0.326 e. The van der Waals surface area contributed by atoms with Crippen molar-refractivity contribution < 1.29 is 24.6 Å². The average molecular weight is 472 g/mol. The zero-order valence-electron chi connectivity index (χ0n) is 18.8. The van der Waals surface area contributed by atoms with Crippen molar-refractivity contribution >= 4 is 29.6 Å². The number of carboxylic acids is 2. The number of H-pyrrole nitrogens is 1. The Morgan fingerprint density at radius 3 is 2.56 bits per heavy atom. The summed E-state index contributed by atoms with van der Waals surface area (Å²) in [5, 5.41) is 23.6. The van der Waals surface area contributed by atoms with E-state index in [1.807, 2.05) is 12.1 Å². The molecule has 7 N–H and O–H groups in total. The molecule has 3 rings (SSSR count). The van der Waals surface area contributed by atoms with Crippen molar-refractivity contribution in [3.8, 4) is 0 Å². The molecule has 3 unspecified atom stereocenters. The predicted molar refractivity (Wildman–Crippen MR) is 125 cm³/mol. The van der Waals surface area contributed by atoms with Crippen molar-refractivity contribution in [2.24, 2.45) is 5.92 Å². The van der Waals surface area contributed by atoms with E-state index in [0.717, 1.165) is 18.4 Å². The van der Waals surface area contributed by atoms with Gasteiger partial charge in [-0.1, -0.05) is 19.1 Å². The highest BCUT2D eigenvalue weighted by Gasteiger charge is 2.26. The van der Waals surface area contributed by atoms with Gasteiger partial charge in [0.1, 0.15) is 11.9 Å². The van der Waals surface area contributed by atoms with E-state index >= 15 is 0 Å². The lowest BCUT2D eigenvalue weighted by atomic mass is 9.83. The molecule has 0 saturated heterocycles. The van der Waals surface area contributed by atoms with Crippen LogP contribution < -0.4 is 21.9 Å². The van der Waals surface area contributed by atoms with Crippen LogP contribution in [0.4, 0.5) is 11.8 Å². The standard InChI is InChI=1S/C23H29N5O6/c1-2-13(9-12-10-16-19(25-11-12)27-23(24)28-21(16)32)14-3-5-15(6-4-14)20(31)26-17(22(33)34)7-8-18(29)30/h3-6,12-13,17H,2,7-11H2,1H3,(H,26,31)(H,29,30)(H,33,34)(H4,24,25,27,28,32). The molecule has 34 heavy (non-hydrogen) atoms. The number of aliphatic carboxylic acids is 2. The molecular formula is C23H29N5O6. The summed E-state index contributed by atoms with van der Waals surface area (Å²) >= 11 is 0. The number of hydrogen-bond donors (Lipinski definition) is 6. The van der Waals surface area contributed by atoms with Gasteiger partial charge in [-0.2, -0.15) is 4.98 Å². The minimum atomic E-state index is -1.28. The zero-order valence-corrected chi connectivity index (χ0v) is 18.8. The molecule has 0 bridgehead atoms. The quantitative estimate of drug-likeness (QED) is 0.299. The first-order valence-corrected chi connectivity index (χ1v) is 11.2. The number of hydrogen-bond acceptors (Lipinski definition) is 7. The summed E-state index contributed by atoms with van der Waals surface area (Å²) in [7, 11) is 0.